The predicted octanol–water partition coefficient (Wildman–Crippen LogP) is 5.32. The minimum absolute atomic E-state index is 0.349. The first kappa shape index (κ1) is 15.5. The van der Waals surface area contributed by atoms with Crippen molar-refractivity contribution >= 4 is 22.6 Å². The zero-order valence-electron chi connectivity index (χ0n) is 12.6. The van der Waals surface area contributed by atoms with Crippen LogP contribution in [-0.2, 0) is 0 Å². The summed E-state index contributed by atoms with van der Waals surface area (Å²) >= 11 is 2.34. The summed E-state index contributed by atoms with van der Waals surface area (Å²) in [4.78, 5) is 0. The fourth-order valence-corrected chi connectivity index (χ4v) is 2.90. The van der Waals surface area contributed by atoms with E-state index in [2.05, 4.69) is 98.1 Å². The van der Waals surface area contributed by atoms with Crippen molar-refractivity contribution in [2.45, 2.75) is 39.8 Å². The Labute approximate surface area is 135 Å². The number of hydrogen-bond acceptors (Lipinski definition) is 1. The lowest BCUT2D eigenvalue weighted by atomic mass is 9.98. The van der Waals surface area contributed by atoms with Crippen LogP contribution < -0.4 is 5.32 Å². The van der Waals surface area contributed by atoms with Crippen LogP contribution in [0.4, 0.5) is 0 Å². The van der Waals surface area contributed by atoms with Crippen molar-refractivity contribution < 1.29 is 0 Å². The van der Waals surface area contributed by atoms with Crippen LogP contribution in [0.1, 0.15) is 48.2 Å². The van der Waals surface area contributed by atoms with Gasteiger partial charge in [0.2, 0.25) is 0 Å². The van der Waals surface area contributed by atoms with Gasteiger partial charge in [0.1, 0.15) is 0 Å². The maximum Gasteiger partial charge on any atom is 0.0300 e. The summed E-state index contributed by atoms with van der Waals surface area (Å²) in [7, 11) is 0. The van der Waals surface area contributed by atoms with Gasteiger partial charge in [-0.25, -0.2) is 0 Å². The van der Waals surface area contributed by atoms with Gasteiger partial charge in [0.25, 0.3) is 0 Å². The molecule has 0 heterocycles. The third-order valence-electron chi connectivity index (χ3n) is 3.77. The lowest BCUT2D eigenvalue weighted by molar-refractivity contribution is 0.493. The SMILES string of the molecule is Cc1ccc(C)c(C(C)NC(C)c2ccc(I)cc2)c1. The molecule has 0 saturated carbocycles. The van der Waals surface area contributed by atoms with Crippen LogP contribution in [0.5, 0.6) is 0 Å². The van der Waals surface area contributed by atoms with E-state index in [1.54, 1.807) is 0 Å². The van der Waals surface area contributed by atoms with Gasteiger partial charge in [-0.2, -0.15) is 0 Å². The lowest BCUT2D eigenvalue weighted by Crippen LogP contribution is -2.23. The summed E-state index contributed by atoms with van der Waals surface area (Å²) < 4.78 is 1.28. The molecule has 0 saturated heterocycles. The summed E-state index contributed by atoms with van der Waals surface area (Å²) in [6.07, 6.45) is 0. The van der Waals surface area contributed by atoms with Crippen LogP contribution in [0.3, 0.4) is 0 Å². The van der Waals surface area contributed by atoms with Crippen molar-refractivity contribution in [3.8, 4) is 0 Å². The average molecular weight is 379 g/mol. The second-order valence-electron chi connectivity index (χ2n) is 5.52. The van der Waals surface area contributed by atoms with Gasteiger partial charge < -0.3 is 5.32 Å². The molecule has 2 unspecified atom stereocenters. The molecule has 20 heavy (non-hydrogen) atoms. The number of benzene rings is 2. The Balaban J connectivity index is 2.12. The molecule has 0 aliphatic carbocycles. The second-order valence-corrected chi connectivity index (χ2v) is 6.77. The number of hydrogen-bond donors (Lipinski definition) is 1. The van der Waals surface area contributed by atoms with Gasteiger partial charge in [-0.05, 0) is 79.1 Å². The van der Waals surface area contributed by atoms with E-state index in [0.29, 0.717) is 12.1 Å². The summed E-state index contributed by atoms with van der Waals surface area (Å²) in [6, 6.07) is 16.1. The monoisotopic (exact) mass is 379 g/mol. The third-order valence-corrected chi connectivity index (χ3v) is 4.49. The Hall–Kier alpha value is -0.870. The van der Waals surface area contributed by atoms with Crippen LogP contribution in [0, 0.1) is 17.4 Å². The molecule has 2 rings (SSSR count). The second kappa shape index (κ2) is 6.72. The smallest absolute Gasteiger partial charge is 0.0300 e. The molecule has 0 aliphatic heterocycles. The van der Waals surface area contributed by atoms with Gasteiger partial charge in [-0.3, -0.25) is 0 Å². The first-order chi connectivity index (χ1) is 9.47. The largest absolute Gasteiger partial charge is 0.304 e. The highest BCUT2D eigenvalue weighted by Gasteiger charge is 2.13. The number of aryl methyl sites for hydroxylation is 2. The highest BCUT2D eigenvalue weighted by Crippen LogP contribution is 2.23. The van der Waals surface area contributed by atoms with E-state index in [1.165, 1.54) is 25.8 Å². The minimum Gasteiger partial charge on any atom is -0.304 e. The van der Waals surface area contributed by atoms with E-state index in [0.717, 1.165) is 0 Å². The molecule has 2 aromatic rings. The highest BCUT2D eigenvalue weighted by atomic mass is 127. The first-order valence-electron chi connectivity index (χ1n) is 7.06. The summed E-state index contributed by atoms with van der Waals surface area (Å²) in [6.45, 7) is 8.80. The van der Waals surface area contributed by atoms with Crippen molar-refractivity contribution in [2.24, 2.45) is 0 Å². The molecular weight excluding hydrogens is 357 g/mol. The molecule has 0 radical (unpaired) electrons. The first-order valence-corrected chi connectivity index (χ1v) is 8.14. The van der Waals surface area contributed by atoms with Gasteiger partial charge in [0, 0.05) is 15.7 Å². The molecule has 2 heteroatoms. The molecule has 1 N–H and O–H groups in total. The van der Waals surface area contributed by atoms with Crippen molar-refractivity contribution in [3.05, 3.63) is 68.3 Å². The zero-order chi connectivity index (χ0) is 14.7. The summed E-state index contributed by atoms with van der Waals surface area (Å²) in [5.74, 6) is 0. The quantitative estimate of drug-likeness (QED) is 0.709. The molecule has 0 aromatic heterocycles. The maximum absolute atomic E-state index is 3.70. The third kappa shape index (κ3) is 3.83. The molecular formula is C18H22IN. The molecule has 0 amide bonds. The molecule has 2 aromatic carbocycles. The molecule has 0 fully saturated rings. The van der Waals surface area contributed by atoms with E-state index in [-0.39, 0.29) is 0 Å². The molecule has 0 aliphatic rings. The van der Waals surface area contributed by atoms with Crippen molar-refractivity contribution in [2.75, 3.05) is 0 Å². The van der Waals surface area contributed by atoms with Crippen molar-refractivity contribution in [1.82, 2.24) is 5.32 Å². The van der Waals surface area contributed by atoms with E-state index in [4.69, 9.17) is 0 Å². The van der Waals surface area contributed by atoms with Gasteiger partial charge >= 0.3 is 0 Å². The number of nitrogens with one attached hydrogen (secondary N) is 1. The van der Waals surface area contributed by atoms with Crippen LogP contribution in [0.2, 0.25) is 0 Å². The van der Waals surface area contributed by atoms with Crippen molar-refractivity contribution in [1.29, 1.82) is 0 Å². The van der Waals surface area contributed by atoms with Crippen LogP contribution in [-0.4, -0.2) is 0 Å². The fraction of sp³-hybridized carbons (Fsp3) is 0.333. The number of rotatable bonds is 4. The molecule has 1 nitrogen and oxygen atoms in total. The molecule has 106 valence electrons. The lowest BCUT2D eigenvalue weighted by Gasteiger charge is -2.22. The zero-order valence-corrected chi connectivity index (χ0v) is 14.7. The normalized spacial score (nSPS) is 14.1. The van der Waals surface area contributed by atoms with E-state index in [1.807, 2.05) is 0 Å². The van der Waals surface area contributed by atoms with Gasteiger partial charge in [0.15, 0.2) is 0 Å². The van der Waals surface area contributed by atoms with Gasteiger partial charge in [-0.15, -0.1) is 0 Å². The van der Waals surface area contributed by atoms with Crippen molar-refractivity contribution in [3.63, 3.8) is 0 Å². The highest BCUT2D eigenvalue weighted by molar-refractivity contribution is 14.1. The molecule has 0 bridgehead atoms. The number of halogens is 1. The van der Waals surface area contributed by atoms with Gasteiger partial charge in [0.05, 0.1) is 0 Å². The standard InChI is InChI=1S/C18H22IN/c1-12-5-6-13(2)18(11-12)15(4)20-14(3)16-7-9-17(19)10-8-16/h5-11,14-15,20H,1-4H3. The van der Waals surface area contributed by atoms with Crippen LogP contribution in [0.25, 0.3) is 0 Å². The summed E-state index contributed by atoms with van der Waals surface area (Å²) in [5, 5.41) is 3.70. The van der Waals surface area contributed by atoms with Crippen LogP contribution in [0.15, 0.2) is 42.5 Å². The maximum atomic E-state index is 3.70. The van der Waals surface area contributed by atoms with Gasteiger partial charge in [-0.1, -0.05) is 35.9 Å². The Morgan fingerprint density at radius 3 is 2.20 bits per heavy atom. The molecule has 0 spiro atoms. The summed E-state index contributed by atoms with van der Waals surface area (Å²) in [5.41, 5.74) is 5.40. The predicted molar refractivity (Wildman–Crippen MR) is 95.0 cm³/mol. The topological polar surface area (TPSA) is 12.0 Å². The minimum atomic E-state index is 0.349. The Morgan fingerprint density at radius 2 is 1.55 bits per heavy atom. The Morgan fingerprint density at radius 1 is 0.900 bits per heavy atom. The van der Waals surface area contributed by atoms with E-state index in [9.17, 15) is 0 Å². The fourth-order valence-electron chi connectivity index (χ4n) is 2.54. The van der Waals surface area contributed by atoms with Crippen LogP contribution >= 0.6 is 22.6 Å². The Bertz CT molecular complexity index is 574. The average Bonchev–Trinajstić information content (AvgIpc) is 2.42. The van der Waals surface area contributed by atoms with E-state index < -0.39 is 0 Å². The Kier molecular flexibility index (Phi) is 5.22. The van der Waals surface area contributed by atoms with E-state index >= 15 is 0 Å². The molecule has 2 atom stereocenters.